The number of ether oxygens (including phenoxy) is 1. The molecule has 1 saturated carbocycles. The van der Waals surface area contributed by atoms with Crippen LogP contribution in [-0.4, -0.2) is 44.8 Å². The van der Waals surface area contributed by atoms with Crippen LogP contribution in [-0.2, 0) is 17.6 Å². The van der Waals surface area contributed by atoms with Crippen molar-refractivity contribution in [2.75, 3.05) is 12.4 Å². The molecule has 2 aliphatic rings. The molecular formula is C23H22F2N6O2. The number of fused-ring (bicyclic) bond motifs is 1. The lowest BCUT2D eigenvalue weighted by molar-refractivity contribution is -0.119. The van der Waals surface area contributed by atoms with Gasteiger partial charge in [-0.1, -0.05) is 6.07 Å². The second-order valence-corrected chi connectivity index (χ2v) is 8.17. The SMILES string of the molecule is COc1c(Nc2cc(CC(=O)C3CC3)nc3c2N=C(C(F)F)C3)cccc1-n1cnc(C)n1. The van der Waals surface area contributed by atoms with Crippen LogP contribution >= 0.6 is 0 Å². The molecule has 2 aromatic heterocycles. The zero-order valence-electron chi connectivity index (χ0n) is 18.2. The van der Waals surface area contributed by atoms with Gasteiger partial charge in [0.2, 0.25) is 0 Å². The molecule has 1 aromatic carbocycles. The Labute approximate surface area is 188 Å². The van der Waals surface area contributed by atoms with Crippen LogP contribution in [0.5, 0.6) is 5.75 Å². The van der Waals surface area contributed by atoms with E-state index in [1.807, 2.05) is 12.1 Å². The number of rotatable bonds is 8. The second-order valence-electron chi connectivity index (χ2n) is 8.17. The van der Waals surface area contributed by atoms with E-state index in [4.69, 9.17) is 4.74 Å². The minimum absolute atomic E-state index is 0.0391. The van der Waals surface area contributed by atoms with Crippen LogP contribution in [0.3, 0.4) is 0 Å². The topological polar surface area (TPSA) is 94.3 Å². The number of nitrogens with one attached hydrogen (secondary N) is 1. The number of methoxy groups -OCH3 is 1. The van der Waals surface area contributed by atoms with Crippen molar-refractivity contribution in [1.29, 1.82) is 0 Å². The third kappa shape index (κ3) is 4.20. The number of hydrogen-bond donors (Lipinski definition) is 1. The highest BCUT2D eigenvalue weighted by atomic mass is 19.3. The molecule has 1 aliphatic carbocycles. The Hall–Kier alpha value is -3.69. The van der Waals surface area contributed by atoms with E-state index in [0.717, 1.165) is 12.8 Å². The van der Waals surface area contributed by atoms with Crippen LogP contribution in [0.25, 0.3) is 5.69 Å². The lowest BCUT2D eigenvalue weighted by atomic mass is 10.1. The molecule has 8 nitrogen and oxygen atoms in total. The van der Waals surface area contributed by atoms with E-state index in [1.54, 1.807) is 30.1 Å². The lowest BCUT2D eigenvalue weighted by Crippen LogP contribution is -2.11. The molecule has 0 spiro atoms. The molecule has 0 atom stereocenters. The molecule has 0 bridgehead atoms. The number of pyridine rings is 1. The molecule has 3 heterocycles. The van der Waals surface area contributed by atoms with Crippen molar-refractivity contribution in [3.05, 3.63) is 47.8 Å². The largest absolute Gasteiger partial charge is 0.492 e. The fourth-order valence-electron chi connectivity index (χ4n) is 3.92. The van der Waals surface area contributed by atoms with Gasteiger partial charge in [0, 0.05) is 18.8 Å². The van der Waals surface area contributed by atoms with Gasteiger partial charge in [0.1, 0.15) is 29.3 Å². The van der Waals surface area contributed by atoms with E-state index in [0.29, 0.717) is 45.7 Å². The number of alkyl halides is 2. The summed E-state index contributed by atoms with van der Waals surface area (Å²) in [6.45, 7) is 1.79. The maximum absolute atomic E-state index is 13.4. The van der Waals surface area contributed by atoms with Crippen LogP contribution in [0.1, 0.15) is 30.1 Å². The Morgan fingerprint density at radius 3 is 2.79 bits per heavy atom. The van der Waals surface area contributed by atoms with Gasteiger partial charge >= 0.3 is 0 Å². The molecule has 33 heavy (non-hydrogen) atoms. The predicted molar refractivity (Wildman–Crippen MR) is 118 cm³/mol. The standard InChI is InChI=1S/C23H22F2N6O2/c1-12-26-11-31(30-12)19-5-3-4-15(22(19)33-2)28-16-8-14(9-20(32)13-6-7-13)27-17-10-18(23(24)25)29-21(16)17/h3-5,8,11,13,23H,6-7,9-10H2,1-2H3,(H,27,28). The van der Waals surface area contributed by atoms with Crippen molar-refractivity contribution in [3.8, 4) is 11.4 Å². The number of Topliss-reactive ketones (excluding diaryl/α,β-unsaturated/α-hetero) is 1. The fraction of sp³-hybridized carbons (Fsp3) is 0.348. The van der Waals surface area contributed by atoms with Gasteiger partial charge in [-0.25, -0.2) is 23.4 Å². The van der Waals surface area contributed by atoms with E-state index in [9.17, 15) is 13.6 Å². The minimum Gasteiger partial charge on any atom is -0.492 e. The molecule has 5 rings (SSSR count). The number of para-hydroxylation sites is 1. The van der Waals surface area contributed by atoms with Gasteiger partial charge in [-0.3, -0.25) is 9.78 Å². The summed E-state index contributed by atoms with van der Waals surface area (Å²) in [6.07, 6.45) is 0.853. The Morgan fingerprint density at radius 2 is 2.12 bits per heavy atom. The number of anilines is 2. The van der Waals surface area contributed by atoms with E-state index in [-0.39, 0.29) is 30.3 Å². The van der Waals surface area contributed by atoms with Gasteiger partial charge < -0.3 is 10.1 Å². The third-order valence-corrected chi connectivity index (χ3v) is 5.68. The summed E-state index contributed by atoms with van der Waals surface area (Å²) < 4.78 is 34.0. The van der Waals surface area contributed by atoms with Crippen LogP contribution in [0.2, 0.25) is 0 Å². The molecular weight excluding hydrogens is 430 g/mol. The number of aromatic nitrogens is 4. The first-order valence-corrected chi connectivity index (χ1v) is 10.7. The highest BCUT2D eigenvalue weighted by Gasteiger charge is 2.31. The van der Waals surface area contributed by atoms with E-state index < -0.39 is 6.43 Å². The maximum Gasteiger partial charge on any atom is 0.277 e. The van der Waals surface area contributed by atoms with Gasteiger partial charge in [0.05, 0.1) is 35.6 Å². The van der Waals surface area contributed by atoms with Crippen LogP contribution in [0.15, 0.2) is 35.6 Å². The zero-order chi connectivity index (χ0) is 23.1. The number of carbonyl (C=O) groups excluding carboxylic acids is 1. The average Bonchev–Trinajstić information content (AvgIpc) is 3.41. The maximum atomic E-state index is 13.4. The Morgan fingerprint density at radius 1 is 1.30 bits per heavy atom. The first-order valence-electron chi connectivity index (χ1n) is 10.7. The van der Waals surface area contributed by atoms with Crippen molar-refractivity contribution < 1.29 is 18.3 Å². The van der Waals surface area contributed by atoms with Crippen molar-refractivity contribution in [2.45, 2.75) is 39.0 Å². The number of nitrogens with zero attached hydrogens (tertiary/aromatic N) is 5. The molecule has 1 fully saturated rings. The third-order valence-electron chi connectivity index (χ3n) is 5.68. The first-order chi connectivity index (χ1) is 15.9. The molecule has 0 saturated heterocycles. The number of hydrogen-bond acceptors (Lipinski definition) is 7. The molecule has 10 heteroatoms. The second kappa shape index (κ2) is 8.34. The molecule has 0 amide bonds. The smallest absolute Gasteiger partial charge is 0.277 e. The highest BCUT2D eigenvalue weighted by Crippen LogP contribution is 2.41. The normalized spacial score (nSPS) is 14.9. The van der Waals surface area contributed by atoms with E-state index >= 15 is 0 Å². The van der Waals surface area contributed by atoms with Crippen molar-refractivity contribution >= 4 is 28.6 Å². The molecule has 0 unspecified atom stereocenters. The molecule has 1 N–H and O–H groups in total. The summed E-state index contributed by atoms with van der Waals surface area (Å²) in [4.78, 5) is 25.2. The zero-order valence-corrected chi connectivity index (χ0v) is 18.2. The highest BCUT2D eigenvalue weighted by molar-refractivity contribution is 5.99. The van der Waals surface area contributed by atoms with Crippen LogP contribution in [0, 0.1) is 12.8 Å². The van der Waals surface area contributed by atoms with Gasteiger partial charge in [-0.15, -0.1) is 0 Å². The monoisotopic (exact) mass is 452 g/mol. The molecule has 3 aromatic rings. The molecule has 170 valence electrons. The molecule has 0 radical (unpaired) electrons. The minimum atomic E-state index is -2.67. The summed E-state index contributed by atoms with van der Waals surface area (Å²) >= 11 is 0. The van der Waals surface area contributed by atoms with Gasteiger partial charge in [0.25, 0.3) is 6.43 Å². The summed E-state index contributed by atoms with van der Waals surface area (Å²) in [5, 5.41) is 7.61. The number of carbonyl (C=O) groups is 1. The van der Waals surface area contributed by atoms with Crippen molar-refractivity contribution in [3.63, 3.8) is 0 Å². The van der Waals surface area contributed by atoms with Crippen molar-refractivity contribution in [2.24, 2.45) is 10.9 Å². The fourth-order valence-corrected chi connectivity index (χ4v) is 3.92. The average molecular weight is 452 g/mol. The Bertz CT molecular complexity index is 1270. The van der Waals surface area contributed by atoms with Crippen LogP contribution < -0.4 is 10.1 Å². The first kappa shape index (κ1) is 21.2. The number of aliphatic imine (C=N–C) groups is 1. The predicted octanol–water partition coefficient (Wildman–Crippen LogP) is 4.14. The summed E-state index contributed by atoms with van der Waals surface area (Å²) in [7, 11) is 1.54. The summed E-state index contributed by atoms with van der Waals surface area (Å²) in [5.74, 6) is 1.33. The number of benzene rings is 1. The number of aryl methyl sites for hydroxylation is 1. The quantitative estimate of drug-likeness (QED) is 0.552. The van der Waals surface area contributed by atoms with Gasteiger partial charge in [-0.2, -0.15) is 5.10 Å². The van der Waals surface area contributed by atoms with E-state index in [1.165, 1.54) is 7.11 Å². The molecule has 1 aliphatic heterocycles. The van der Waals surface area contributed by atoms with Gasteiger partial charge in [0.15, 0.2) is 5.75 Å². The number of halogens is 2. The Balaban J connectivity index is 1.55. The Kier molecular flexibility index (Phi) is 5.35. The van der Waals surface area contributed by atoms with E-state index in [2.05, 4.69) is 25.4 Å². The number of ketones is 1. The van der Waals surface area contributed by atoms with Crippen molar-refractivity contribution in [1.82, 2.24) is 19.7 Å². The lowest BCUT2D eigenvalue weighted by Gasteiger charge is -2.17. The van der Waals surface area contributed by atoms with Gasteiger partial charge in [-0.05, 0) is 38.0 Å². The summed E-state index contributed by atoms with van der Waals surface area (Å²) in [5.41, 5.74) is 2.87. The summed E-state index contributed by atoms with van der Waals surface area (Å²) in [6, 6.07) is 7.18. The van der Waals surface area contributed by atoms with Crippen LogP contribution in [0.4, 0.5) is 25.8 Å².